The summed E-state index contributed by atoms with van der Waals surface area (Å²) in [5.41, 5.74) is 7.01. The fourth-order valence-electron chi connectivity index (χ4n) is 1.03. The van der Waals surface area contributed by atoms with Gasteiger partial charge in [0, 0.05) is 6.54 Å². The van der Waals surface area contributed by atoms with Crippen molar-refractivity contribution in [2.45, 2.75) is 12.5 Å². The van der Waals surface area contributed by atoms with E-state index in [0.29, 0.717) is 13.0 Å². The standard InChI is InChI=1S/C10H15N2O/c1-4-7-9(6-3)12(8-5-2)10(11)13/h4-6,9,11H,1-3,7-8H2. The first-order chi connectivity index (χ1) is 6.17. The highest BCUT2D eigenvalue weighted by atomic mass is 16.2. The molecule has 3 heteroatoms. The van der Waals surface area contributed by atoms with Crippen LogP contribution in [0.1, 0.15) is 6.42 Å². The monoisotopic (exact) mass is 179 g/mol. The van der Waals surface area contributed by atoms with Gasteiger partial charge in [0.15, 0.2) is 0 Å². The Balaban J connectivity index is 4.45. The predicted octanol–water partition coefficient (Wildman–Crippen LogP) is 2.01. The molecule has 0 aromatic heterocycles. The number of carbonyl (C=O) groups excluding carboxylic acids is 1. The van der Waals surface area contributed by atoms with E-state index in [1.165, 1.54) is 4.90 Å². The number of hydrogen-bond donors (Lipinski definition) is 0. The Morgan fingerprint density at radius 3 is 2.31 bits per heavy atom. The minimum Gasteiger partial charge on any atom is -0.313 e. The average molecular weight is 179 g/mol. The number of nitrogens with zero attached hydrogens (tertiary/aromatic N) is 1. The van der Waals surface area contributed by atoms with Gasteiger partial charge >= 0.3 is 6.03 Å². The molecule has 0 aliphatic heterocycles. The lowest BCUT2D eigenvalue weighted by atomic mass is 10.2. The van der Waals surface area contributed by atoms with Crippen molar-refractivity contribution in [3.63, 3.8) is 0 Å². The van der Waals surface area contributed by atoms with Crippen LogP contribution in [0.25, 0.3) is 0 Å². The van der Waals surface area contributed by atoms with Crippen molar-refractivity contribution in [2.75, 3.05) is 6.54 Å². The van der Waals surface area contributed by atoms with E-state index < -0.39 is 6.03 Å². The minimum atomic E-state index is -0.716. The topological polar surface area (TPSA) is 44.1 Å². The van der Waals surface area contributed by atoms with Gasteiger partial charge in [-0.25, -0.2) is 10.5 Å². The van der Waals surface area contributed by atoms with Gasteiger partial charge in [-0.05, 0) is 6.42 Å². The van der Waals surface area contributed by atoms with Crippen LogP contribution >= 0.6 is 0 Å². The first kappa shape index (κ1) is 11.5. The molecule has 0 saturated carbocycles. The Labute approximate surface area is 79.2 Å². The highest BCUT2D eigenvalue weighted by Gasteiger charge is 2.16. The molecular weight excluding hydrogens is 164 g/mol. The van der Waals surface area contributed by atoms with Crippen LogP contribution in [0.5, 0.6) is 0 Å². The summed E-state index contributed by atoms with van der Waals surface area (Å²) in [4.78, 5) is 12.2. The first-order valence-electron chi connectivity index (χ1n) is 4.03. The summed E-state index contributed by atoms with van der Waals surface area (Å²) in [6.45, 7) is 11.1. The van der Waals surface area contributed by atoms with E-state index in [2.05, 4.69) is 19.7 Å². The molecule has 3 nitrogen and oxygen atoms in total. The lowest BCUT2D eigenvalue weighted by Crippen LogP contribution is -2.38. The third kappa shape index (κ3) is 3.60. The summed E-state index contributed by atoms with van der Waals surface area (Å²) < 4.78 is 0. The molecule has 1 radical (unpaired) electrons. The van der Waals surface area contributed by atoms with Crippen LogP contribution < -0.4 is 5.73 Å². The molecule has 1 N–H and O–H groups in total. The molecule has 0 bridgehead atoms. The van der Waals surface area contributed by atoms with Gasteiger partial charge in [0.05, 0.1) is 6.04 Å². The van der Waals surface area contributed by atoms with Crippen LogP contribution in [0.15, 0.2) is 38.0 Å². The summed E-state index contributed by atoms with van der Waals surface area (Å²) >= 11 is 0. The highest BCUT2D eigenvalue weighted by Crippen LogP contribution is 2.06. The summed E-state index contributed by atoms with van der Waals surface area (Å²) in [7, 11) is 0. The quantitative estimate of drug-likeness (QED) is 0.575. The molecule has 2 amide bonds. The van der Waals surface area contributed by atoms with Gasteiger partial charge in [-0.3, -0.25) is 0 Å². The second-order valence-electron chi connectivity index (χ2n) is 2.57. The summed E-state index contributed by atoms with van der Waals surface area (Å²) in [6, 6.07) is -0.868. The van der Waals surface area contributed by atoms with Gasteiger partial charge in [0.2, 0.25) is 0 Å². The smallest absolute Gasteiger partial charge is 0.313 e. The van der Waals surface area contributed by atoms with Gasteiger partial charge in [-0.15, -0.1) is 19.7 Å². The second kappa shape index (κ2) is 6.06. The third-order valence-electron chi connectivity index (χ3n) is 1.67. The molecule has 1 unspecified atom stereocenters. The first-order valence-corrected chi connectivity index (χ1v) is 4.03. The Morgan fingerprint density at radius 2 is 2.00 bits per heavy atom. The summed E-state index contributed by atoms with van der Waals surface area (Å²) in [5.74, 6) is 0. The van der Waals surface area contributed by atoms with Crippen molar-refractivity contribution in [1.29, 1.82) is 0 Å². The largest absolute Gasteiger partial charge is 0.336 e. The summed E-state index contributed by atoms with van der Waals surface area (Å²) in [5, 5.41) is 0. The molecular formula is C10H15N2O. The number of carbonyl (C=O) groups is 1. The maximum atomic E-state index is 10.9. The Bertz CT molecular complexity index is 211. The molecule has 13 heavy (non-hydrogen) atoms. The van der Waals surface area contributed by atoms with Crippen molar-refractivity contribution >= 4 is 6.03 Å². The molecule has 0 aromatic rings. The van der Waals surface area contributed by atoms with E-state index in [4.69, 9.17) is 5.73 Å². The van der Waals surface area contributed by atoms with Gasteiger partial charge in [-0.2, -0.15) is 0 Å². The molecule has 0 heterocycles. The fourth-order valence-corrected chi connectivity index (χ4v) is 1.03. The van der Waals surface area contributed by atoms with Crippen LogP contribution in [-0.4, -0.2) is 23.5 Å². The van der Waals surface area contributed by atoms with Gasteiger partial charge in [-0.1, -0.05) is 18.2 Å². The van der Waals surface area contributed by atoms with Crippen LogP contribution in [-0.2, 0) is 0 Å². The predicted molar refractivity (Wildman–Crippen MR) is 54.2 cm³/mol. The number of hydrogen-bond acceptors (Lipinski definition) is 1. The Kier molecular flexibility index (Phi) is 5.35. The number of nitrogens with one attached hydrogen (secondary N) is 1. The van der Waals surface area contributed by atoms with E-state index in [0.717, 1.165) is 0 Å². The maximum absolute atomic E-state index is 10.9. The lowest BCUT2D eigenvalue weighted by Gasteiger charge is -2.25. The zero-order chi connectivity index (χ0) is 10.3. The van der Waals surface area contributed by atoms with Crippen molar-refractivity contribution < 1.29 is 4.79 Å². The van der Waals surface area contributed by atoms with Crippen molar-refractivity contribution in [3.05, 3.63) is 38.0 Å². The fraction of sp³-hybridized carbons (Fsp3) is 0.300. The van der Waals surface area contributed by atoms with Crippen LogP contribution in [0.3, 0.4) is 0 Å². The number of amides is 2. The molecule has 0 fully saturated rings. The Morgan fingerprint density at radius 1 is 1.38 bits per heavy atom. The molecule has 0 aliphatic rings. The van der Waals surface area contributed by atoms with E-state index in [-0.39, 0.29) is 6.04 Å². The third-order valence-corrected chi connectivity index (χ3v) is 1.67. The van der Waals surface area contributed by atoms with Gasteiger partial charge < -0.3 is 4.90 Å². The van der Waals surface area contributed by atoms with Gasteiger partial charge in [0.1, 0.15) is 0 Å². The van der Waals surface area contributed by atoms with Crippen LogP contribution in [0, 0.1) is 0 Å². The van der Waals surface area contributed by atoms with E-state index >= 15 is 0 Å². The molecule has 0 spiro atoms. The highest BCUT2D eigenvalue weighted by molar-refractivity contribution is 5.72. The zero-order valence-corrected chi connectivity index (χ0v) is 7.70. The normalized spacial score (nSPS) is 11.4. The van der Waals surface area contributed by atoms with Crippen LogP contribution in [0.4, 0.5) is 4.79 Å². The molecule has 71 valence electrons. The zero-order valence-electron chi connectivity index (χ0n) is 7.70. The Hall–Kier alpha value is -1.51. The number of urea groups is 1. The number of rotatable bonds is 6. The van der Waals surface area contributed by atoms with Crippen molar-refractivity contribution in [1.82, 2.24) is 10.6 Å². The van der Waals surface area contributed by atoms with E-state index in [9.17, 15) is 4.79 Å². The summed E-state index contributed by atoms with van der Waals surface area (Å²) in [6.07, 6.45) is 5.54. The van der Waals surface area contributed by atoms with Crippen molar-refractivity contribution in [3.8, 4) is 0 Å². The van der Waals surface area contributed by atoms with E-state index in [1.807, 2.05) is 0 Å². The molecule has 0 aliphatic carbocycles. The molecule has 0 rings (SSSR count). The maximum Gasteiger partial charge on any atom is 0.336 e. The second-order valence-corrected chi connectivity index (χ2v) is 2.57. The van der Waals surface area contributed by atoms with Gasteiger partial charge in [0.25, 0.3) is 0 Å². The SMILES string of the molecule is C=CCC(C=C)N(CC=C)C([NH])=O. The molecule has 1 atom stereocenters. The minimum absolute atomic E-state index is 0.152. The van der Waals surface area contributed by atoms with E-state index in [1.54, 1.807) is 18.2 Å². The van der Waals surface area contributed by atoms with Crippen LogP contribution in [0.2, 0.25) is 0 Å². The molecule has 0 saturated heterocycles. The van der Waals surface area contributed by atoms with Crippen molar-refractivity contribution in [2.24, 2.45) is 0 Å². The average Bonchev–Trinajstić information content (AvgIpc) is 2.10. The lowest BCUT2D eigenvalue weighted by molar-refractivity contribution is 0.201. The molecule has 0 aromatic carbocycles.